The highest BCUT2D eigenvalue weighted by Gasteiger charge is 2.65. The molecule has 0 N–H and O–H groups in total. The minimum Gasteiger partial charge on any atom is -0.298 e. The van der Waals surface area contributed by atoms with E-state index in [1.807, 2.05) is 0 Å². The molecule has 148 valence electrons. The summed E-state index contributed by atoms with van der Waals surface area (Å²) in [6.07, 6.45) is 10.1. The molecule has 0 spiro atoms. The first kappa shape index (κ1) is 17.9. The fourth-order valence-corrected chi connectivity index (χ4v) is 8.21. The number of fused-ring (bicyclic) bond motifs is 6. The Balaban J connectivity index is 1.51. The maximum absolute atomic E-state index is 13.6. The predicted octanol–water partition coefficient (Wildman–Crippen LogP) is 5.01. The minimum atomic E-state index is -0.0777. The molecule has 27 heavy (non-hydrogen) atoms. The summed E-state index contributed by atoms with van der Waals surface area (Å²) in [5, 5.41) is 8.40. The summed E-state index contributed by atoms with van der Waals surface area (Å²) in [7, 11) is 0. The van der Waals surface area contributed by atoms with Crippen molar-refractivity contribution in [2.75, 3.05) is 0 Å². The topological polar surface area (TPSA) is 56.0 Å². The van der Waals surface area contributed by atoms with E-state index in [2.05, 4.69) is 38.0 Å². The molecule has 0 radical (unpaired) electrons. The molecule has 3 fully saturated rings. The van der Waals surface area contributed by atoms with E-state index in [-0.39, 0.29) is 10.8 Å². The fraction of sp³-hybridized carbons (Fsp3) is 0.870. The Morgan fingerprint density at radius 3 is 2.52 bits per heavy atom. The largest absolute Gasteiger partial charge is 0.298 e. The van der Waals surface area contributed by atoms with Crippen LogP contribution in [0.4, 0.5) is 0 Å². The molecule has 4 aliphatic carbocycles. The van der Waals surface area contributed by atoms with Crippen molar-refractivity contribution in [2.45, 2.75) is 85.5 Å². The van der Waals surface area contributed by atoms with Crippen LogP contribution in [0, 0.1) is 39.9 Å². The van der Waals surface area contributed by atoms with Crippen LogP contribution in [-0.4, -0.2) is 16.1 Å². The lowest BCUT2D eigenvalue weighted by molar-refractivity contribution is -0.141. The van der Waals surface area contributed by atoms with E-state index in [1.54, 1.807) is 0 Å². The molecular weight excluding hydrogens is 336 g/mol. The molecule has 0 bridgehead atoms. The number of carbonyl (C=O) groups excluding carboxylic acids is 1. The second-order valence-electron chi connectivity index (χ2n) is 10.7. The summed E-state index contributed by atoms with van der Waals surface area (Å²) in [4.78, 5) is 13.6. The van der Waals surface area contributed by atoms with E-state index in [0.29, 0.717) is 29.0 Å². The summed E-state index contributed by atoms with van der Waals surface area (Å²) in [5.74, 6) is 3.30. The zero-order valence-electron chi connectivity index (χ0n) is 17.4. The third kappa shape index (κ3) is 2.13. The van der Waals surface area contributed by atoms with E-state index in [0.717, 1.165) is 55.8 Å². The van der Waals surface area contributed by atoms with Gasteiger partial charge in [0.05, 0.1) is 0 Å². The average Bonchev–Trinajstić information content (AvgIpc) is 3.20. The average molecular weight is 371 g/mol. The number of Topliss-reactive ketones (excluding diaryl/α,β-unsaturated/α-hetero) is 1. The van der Waals surface area contributed by atoms with E-state index in [4.69, 9.17) is 4.63 Å². The van der Waals surface area contributed by atoms with Crippen molar-refractivity contribution in [3.8, 4) is 0 Å². The van der Waals surface area contributed by atoms with Crippen molar-refractivity contribution in [2.24, 2.45) is 39.9 Å². The number of carbonyl (C=O) groups is 1. The molecule has 4 heteroatoms. The van der Waals surface area contributed by atoms with Gasteiger partial charge in [0.1, 0.15) is 17.2 Å². The van der Waals surface area contributed by atoms with Gasteiger partial charge in [-0.1, -0.05) is 38.0 Å². The van der Waals surface area contributed by atoms with Crippen LogP contribution >= 0.6 is 0 Å². The quantitative estimate of drug-likeness (QED) is 0.734. The molecular formula is C23H34N2O2. The molecule has 5 rings (SSSR count). The molecule has 6 atom stereocenters. The number of hydrogen-bond donors (Lipinski definition) is 0. The standard InChI is InChI=1S/C23H34N2O2/c1-5-23(6-2)12-17-15-8-7-14-11-18-19(25-27-24-18)13-22(14,4)16(15)9-10-21(17,3)20(23)26/h14-17H,5-13H2,1-4H3. The van der Waals surface area contributed by atoms with Gasteiger partial charge < -0.3 is 0 Å². The second kappa shape index (κ2) is 5.67. The van der Waals surface area contributed by atoms with Crippen molar-refractivity contribution in [1.29, 1.82) is 0 Å². The van der Waals surface area contributed by atoms with Gasteiger partial charge in [-0.15, -0.1) is 0 Å². The van der Waals surface area contributed by atoms with E-state index in [1.165, 1.54) is 19.3 Å². The first-order valence-corrected chi connectivity index (χ1v) is 11.2. The number of nitrogens with zero attached hydrogens (tertiary/aromatic N) is 2. The lowest BCUT2D eigenvalue weighted by Crippen LogP contribution is -2.54. The molecule has 1 aromatic heterocycles. The first-order chi connectivity index (χ1) is 12.9. The summed E-state index contributed by atoms with van der Waals surface area (Å²) < 4.78 is 5.07. The zero-order valence-corrected chi connectivity index (χ0v) is 17.4. The lowest BCUT2D eigenvalue weighted by Gasteiger charge is -2.58. The molecule has 4 nitrogen and oxygen atoms in total. The van der Waals surface area contributed by atoms with E-state index >= 15 is 0 Å². The maximum Gasteiger partial charge on any atom is 0.145 e. The highest BCUT2D eigenvalue weighted by atomic mass is 16.6. The molecule has 0 amide bonds. The normalized spacial score (nSPS) is 45.0. The Bertz CT molecular complexity index is 766. The summed E-state index contributed by atoms with van der Waals surface area (Å²) in [6.45, 7) is 9.30. The van der Waals surface area contributed by atoms with Crippen LogP contribution in [0.25, 0.3) is 0 Å². The monoisotopic (exact) mass is 370 g/mol. The molecule has 0 aliphatic heterocycles. The van der Waals surface area contributed by atoms with Gasteiger partial charge >= 0.3 is 0 Å². The third-order valence-corrected chi connectivity index (χ3v) is 10.0. The number of aromatic nitrogens is 2. The van der Waals surface area contributed by atoms with Gasteiger partial charge in [-0.3, -0.25) is 4.79 Å². The predicted molar refractivity (Wildman–Crippen MR) is 103 cm³/mol. The van der Waals surface area contributed by atoms with Gasteiger partial charge in [-0.2, -0.15) is 0 Å². The second-order valence-corrected chi connectivity index (χ2v) is 10.7. The smallest absolute Gasteiger partial charge is 0.145 e. The zero-order chi connectivity index (χ0) is 19.0. The highest BCUT2D eigenvalue weighted by Crippen LogP contribution is 2.68. The van der Waals surface area contributed by atoms with Gasteiger partial charge in [0.15, 0.2) is 0 Å². The van der Waals surface area contributed by atoms with Gasteiger partial charge in [-0.05, 0) is 80.5 Å². The lowest BCUT2D eigenvalue weighted by atomic mass is 9.45. The summed E-state index contributed by atoms with van der Waals surface area (Å²) in [5.41, 5.74) is 2.36. The summed E-state index contributed by atoms with van der Waals surface area (Å²) >= 11 is 0. The minimum absolute atomic E-state index is 0.0537. The van der Waals surface area contributed by atoms with Crippen molar-refractivity contribution < 1.29 is 9.42 Å². The molecule has 3 saturated carbocycles. The van der Waals surface area contributed by atoms with Crippen molar-refractivity contribution in [1.82, 2.24) is 10.3 Å². The maximum atomic E-state index is 13.6. The van der Waals surface area contributed by atoms with Crippen LogP contribution in [-0.2, 0) is 17.6 Å². The highest BCUT2D eigenvalue weighted by molar-refractivity contribution is 5.92. The molecule has 1 aromatic rings. The molecule has 0 aromatic carbocycles. The Kier molecular flexibility index (Phi) is 3.75. The number of ketones is 1. The molecule has 6 unspecified atom stereocenters. The van der Waals surface area contributed by atoms with E-state index < -0.39 is 0 Å². The van der Waals surface area contributed by atoms with Crippen LogP contribution in [0.1, 0.15) is 84.0 Å². The molecule has 0 saturated heterocycles. The SMILES string of the molecule is CCC1(CC)CC2C3CCC4Cc5nonc5CC4(C)C3CCC2(C)C1=O. The van der Waals surface area contributed by atoms with Crippen LogP contribution in [0.15, 0.2) is 4.63 Å². The first-order valence-electron chi connectivity index (χ1n) is 11.2. The van der Waals surface area contributed by atoms with Crippen molar-refractivity contribution >= 4 is 5.78 Å². The van der Waals surface area contributed by atoms with Gasteiger partial charge in [0.2, 0.25) is 0 Å². The van der Waals surface area contributed by atoms with Crippen LogP contribution in [0.2, 0.25) is 0 Å². The fourth-order valence-electron chi connectivity index (χ4n) is 8.21. The molecule has 4 aliphatic rings. The summed E-state index contributed by atoms with van der Waals surface area (Å²) in [6, 6.07) is 0. The van der Waals surface area contributed by atoms with E-state index in [9.17, 15) is 4.79 Å². The Hall–Kier alpha value is -1.19. The Morgan fingerprint density at radius 1 is 1.04 bits per heavy atom. The van der Waals surface area contributed by atoms with Crippen molar-refractivity contribution in [3.05, 3.63) is 11.4 Å². The van der Waals surface area contributed by atoms with Gasteiger partial charge in [0.25, 0.3) is 0 Å². The molecule has 1 heterocycles. The van der Waals surface area contributed by atoms with Crippen molar-refractivity contribution in [3.63, 3.8) is 0 Å². The number of rotatable bonds is 2. The van der Waals surface area contributed by atoms with Gasteiger partial charge in [0, 0.05) is 17.3 Å². The Morgan fingerprint density at radius 2 is 1.78 bits per heavy atom. The third-order valence-electron chi connectivity index (χ3n) is 10.0. The van der Waals surface area contributed by atoms with Crippen LogP contribution in [0.5, 0.6) is 0 Å². The van der Waals surface area contributed by atoms with Gasteiger partial charge in [-0.25, -0.2) is 4.63 Å². The Labute approximate surface area is 162 Å². The van der Waals surface area contributed by atoms with Crippen LogP contribution < -0.4 is 0 Å². The number of hydrogen-bond acceptors (Lipinski definition) is 4. The van der Waals surface area contributed by atoms with Crippen LogP contribution in [0.3, 0.4) is 0 Å².